The van der Waals surface area contributed by atoms with Crippen LogP contribution in [0.5, 0.6) is 5.75 Å². The highest BCUT2D eigenvalue weighted by molar-refractivity contribution is 5.84. The van der Waals surface area contributed by atoms with Crippen LogP contribution in [-0.2, 0) is 16.2 Å². The van der Waals surface area contributed by atoms with Crippen LogP contribution in [0.25, 0.3) is 10.9 Å². The van der Waals surface area contributed by atoms with Gasteiger partial charge in [-0.1, -0.05) is 123 Å². The lowest BCUT2D eigenvalue weighted by Gasteiger charge is -2.18. The number of aromatic hydroxyl groups is 1. The summed E-state index contributed by atoms with van der Waals surface area (Å²) in [5.74, 6) is 0.331. The van der Waals surface area contributed by atoms with Gasteiger partial charge in [-0.15, -0.1) is 0 Å². The predicted molar refractivity (Wildman–Crippen MR) is 149 cm³/mol. The Morgan fingerprint density at radius 3 is 1.47 bits per heavy atom. The van der Waals surface area contributed by atoms with Gasteiger partial charge in [0.05, 0.1) is 0 Å². The van der Waals surface area contributed by atoms with E-state index in [9.17, 15) is 0 Å². The third-order valence-electron chi connectivity index (χ3n) is 5.77. The Balaban J connectivity index is 0.000000182. The van der Waals surface area contributed by atoms with Gasteiger partial charge in [0, 0.05) is 17.1 Å². The van der Waals surface area contributed by atoms with Crippen LogP contribution >= 0.6 is 0 Å². The molecule has 1 heterocycles. The Kier molecular flexibility index (Phi) is 8.78. The molecule has 0 fully saturated rings. The van der Waals surface area contributed by atoms with Crippen LogP contribution in [0, 0.1) is 0 Å². The van der Waals surface area contributed by atoms with Crippen LogP contribution in [-0.4, -0.2) is 10.1 Å². The number of fused-ring (bicyclic) bond motifs is 1. The summed E-state index contributed by atoms with van der Waals surface area (Å²) < 4.78 is 0. The first-order valence-electron chi connectivity index (χ1n) is 12.1. The van der Waals surface area contributed by atoms with Gasteiger partial charge in [-0.25, -0.2) is 0 Å². The molecule has 0 unspecified atom stereocenters. The zero-order valence-electron chi connectivity index (χ0n) is 22.5. The molecule has 0 amide bonds. The number of nitrogens with one attached hydrogen (secondary N) is 1. The highest BCUT2D eigenvalue weighted by Gasteiger charge is 2.17. The number of hydrogen-bond acceptors (Lipinski definition) is 1. The molecule has 2 heteroatoms. The van der Waals surface area contributed by atoms with Gasteiger partial charge in [-0.2, -0.15) is 0 Å². The second kappa shape index (κ2) is 11.0. The summed E-state index contributed by atoms with van der Waals surface area (Å²) in [6, 6.07) is 26.3. The molecule has 1 aromatic heterocycles. The van der Waals surface area contributed by atoms with Crippen molar-refractivity contribution < 1.29 is 5.11 Å². The highest BCUT2D eigenvalue weighted by Crippen LogP contribution is 2.29. The fraction of sp³-hybridized carbons (Fsp3) is 0.375. The van der Waals surface area contributed by atoms with Crippen LogP contribution in [0.2, 0.25) is 0 Å². The predicted octanol–water partition coefficient (Wildman–Crippen LogP) is 9.14. The van der Waals surface area contributed by atoms with E-state index >= 15 is 0 Å². The number of para-hydroxylation sites is 1. The summed E-state index contributed by atoms with van der Waals surface area (Å²) in [6.45, 7) is 19.8. The van der Waals surface area contributed by atoms with Crippen molar-refractivity contribution in [2.24, 2.45) is 0 Å². The Morgan fingerprint density at radius 1 is 0.529 bits per heavy atom. The van der Waals surface area contributed by atoms with E-state index in [2.05, 4.69) is 128 Å². The molecule has 0 radical (unpaired) electrons. The maximum atomic E-state index is 9.02. The molecular formula is C32H43NO. The molecular weight excluding hydrogens is 414 g/mol. The van der Waals surface area contributed by atoms with Crippen molar-refractivity contribution in [3.63, 3.8) is 0 Å². The van der Waals surface area contributed by atoms with Crippen molar-refractivity contribution in [2.75, 3.05) is 0 Å². The molecule has 4 rings (SSSR count). The van der Waals surface area contributed by atoms with Gasteiger partial charge < -0.3 is 10.1 Å². The molecule has 0 aliphatic heterocycles. The van der Waals surface area contributed by atoms with E-state index in [1.807, 2.05) is 12.1 Å². The monoisotopic (exact) mass is 457 g/mol. The van der Waals surface area contributed by atoms with E-state index in [4.69, 9.17) is 5.11 Å². The zero-order chi connectivity index (χ0) is 25.6. The molecule has 0 spiro atoms. The quantitative estimate of drug-likeness (QED) is 0.271. The van der Waals surface area contributed by atoms with E-state index < -0.39 is 0 Å². The third-order valence-corrected chi connectivity index (χ3v) is 5.77. The van der Waals surface area contributed by atoms with E-state index in [0.717, 1.165) is 0 Å². The van der Waals surface area contributed by atoms with Crippen molar-refractivity contribution in [1.82, 2.24) is 4.98 Å². The summed E-state index contributed by atoms with van der Waals surface area (Å²) in [4.78, 5) is 3.29. The van der Waals surface area contributed by atoms with E-state index in [0.29, 0.717) is 11.2 Å². The normalized spacial score (nSPS) is 11.8. The number of rotatable bonds is 0. The molecule has 0 saturated heterocycles. The maximum Gasteiger partial charge on any atom is 0.115 e. The topological polar surface area (TPSA) is 36.0 Å². The van der Waals surface area contributed by atoms with Crippen LogP contribution in [0.3, 0.4) is 0 Å². The molecule has 3 aromatic carbocycles. The minimum atomic E-state index is 0.174. The lowest BCUT2D eigenvalue weighted by atomic mass is 9.87. The molecule has 0 saturated carbocycles. The summed E-state index contributed by atoms with van der Waals surface area (Å²) in [5, 5.41) is 10.4. The van der Waals surface area contributed by atoms with E-state index in [1.165, 1.54) is 27.6 Å². The summed E-state index contributed by atoms with van der Waals surface area (Å²) in [7, 11) is 0. The molecule has 2 N–H and O–H groups in total. The SMILES string of the molecule is CC(C)(C)c1c[nH]c2ccccc12.CC(C)(C)c1ccc(O)cc1.CC(C)(C)c1ccccc1. The Bertz CT molecular complexity index is 1130. The number of aromatic amines is 1. The van der Waals surface area contributed by atoms with Gasteiger partial charge in [-0.3, -0.25) is 0 Å². The zero-order valence-corrected chi connectivity index (χ0v) is 22.5. The Labute approximate surface area is 207 Å². The fourth-order valence-electron chi connectivity index (χ4n) is 3.59. The molecule has 2 nitrogen and oxygen atoms in total. The van der Waals surface area contributed by atoms with Crippen LogP contribution in [0.1, 0.15) is 79.0 Å². The van der Waals surface area contributed by atoms with Crippen molar-refractivity contribution in [2.45, 2.75) is 78.6 Å². The van der Waals surface area contributed by atoms with Crippen LogP contribution in [0.15, 0.2) is 85.1 Å². The molecule has 182 valence electrons. The summed E-state index contributed by atoms with van der Waals surface area (Å²) in [5.41, 5.74) is 5.95. The first kappa shape index (κ1) is 27.2. The number of aromatic nitrogens is 1. The smallest absolute Gasteiger partial charge is 0.115 e. The van der Waals surface area contributed by atoms with Crippen LogP contribution in [0.4, 0.5) is 0 Å². The molecule has 0 aliphatic carbocycles. The number of phenols is 1. The van der Waals surface area contributed by atoms with Gasteiger partial charge in [-0.05, 0) is 51.1 Å². The standard InChI is InChI=1S/C12H15N.C10H14O.C10H14/c1-12(2,3)10-8-13-11-7-5-4-6-9(10)11;1-10(2,3)8-4-6-9(11)7-5-8;1-10(2,3)9-7-5-4-6-8-9/h4-8,13H,1-3H3;4-7,11H,1-3H3;4-8H,1-3H3. The van der Waals surface area contributed by atoms with E-state index in [-0.39, 0.29) is 10.8 Å². The molecule has 0 aliphatic rings. The van der Waals surface area contributed by atoms with Crippen molar-refractivity contribution in [1.29, 1.82) is 0 Å². The minimum Gasteiger partial charge on any atom is -0.508 e. The number of phenolic OH excluding ortho intramolecular Hbond substituents is 1. The Morgan fingerprint density at radius 2 is 1.00 bits per heavy atom. The van der Waals surface area contributed by atoms with Gasteiger partial charge in [0.25, 0.3) is 0 Å². The lowest BCUT2D eigenvalue weighted by molar-refractivity contribution is 0.474. The van der Waals surface area contributed by atoms with E-state index in [1.54, 1.807) is 12.1 Å². The maximum absolute atomic E-state index is 9.02. The van der Waals surface area contributed by atoms with Gasteiger partial charge >= 0.3 is 0 Å². The van der Waals surface area contributed by atoms with Gasteiger partial charge in [0.1, 0.15) is 5.75 Å². The van der Waals surface area contributed by atoms with Gasteiger partial charge in [0.2, 0.25) is 0 Å². The average Bonchev–Trinajstić information content (AvgIpc) is 3.19. The Hall–Kier alpha value is -3.00. The van der Waals surface area contributed by atoms with Gasteiger partial charge in [0.15, 0.2) is 0 Å². The van der Waals surface area contributed by atoms with Crippen LogP contribution < -0.4 is 0 Å². The van der Waals surface area contributed by atoms with Crippen molar-refractivity contribution >= 4 is 10.9 Å². The highest BCUT2D eigenvalue weighted by atomic mass is 16.3. The number of hydrogen-bond donors (Lipinski definition) is 2. The fourth-order valence-corrected chi connectivity index (χ4v) is 3.59. The molecule has 0 bridgehead atoms. The second-order valence-electron chi connectivity index (χ2n) is 11.9. The van der Waals surface area contributed by atoms with Crippen molar-refractivity contribution in [3.05, 3.63) is 102 Å². The summed E-state index contributed by atoms with van der Waals surface area (Å²) >= 11 is 0. The average molecular weight is 458 g/mol. The second-order valence-corrected chi connectivity index (χ2v) is 11.9. The molecule has 0 atom stereocenters. The third kappa shape index (κ3) is 8.09. The molecule has 34 heavy (non-hydrogen) atoms. The first-order chi connectivity index (χ1) is 15.7. The minimum absolute atomic E-state index is 0.174. The van der Waals surface area contributed by atoms with Crippen molar-refractivity contribution in [3.8, 4) is 5.75 Å². The number of H-pyrrole nitrogens is 1. The number of benzene rings is 3. The molecule has 4 aromatic rings. The lowest BCUT2D eigenvalue weighted by Crippen LogP contribution is -2.10. The largest absolute Gasteiger partial charge is 0.508 e. The first-order valence-corrected chi connectivity index (χ1v) is 12.1. The summed E-state index contributed by atoms with van der Waals surface area (Å²) in [6.07, 6.45) is 2.12.